The number of amides is 1. The van der Waals surface area contributed by atoms with E-state index in [2.05, 4.69) is 68.6 Å². The maximum atomic E-state index is 12.5. The van der Waals surface area contributed by atoms with Gasteiger partial charge in [-0.25, -0.2) is 4.79 Å². The lowest BCUT2D eigenvalue weighted by Gasteiger charge is -2.32. The fourth-order valence-electron chi connectivity index (χ4n) is 6.19. The summed E-state index contributed by atoms with van der Waals surface area (Å²) in [5.74, 6) is 0.0308. The molecule has 4 heteroatoms. The minimum Gasteiger partial charge on any atom is -0.449 e. The lowest BCUT2D eigenvalue weighted by molar-refractivity contribution is 0.136. The van der Waals surface area contributed by atoms with Crippen LogP contribution in [-0.4, -0.2) is 24.4 Å². The number of carbonyl (C=O) groups excluding carboxylic acids is 1. The van der Waals surface area contributed by atoms with Gasteiger partial charge in [0.2, 0.25) is 0 Å². The van der Waals surface area contributed by atoms with Crippen molar-refractivity contribution in [3.8, 4) is 11.1 Å². The number of fused-ring (bicyclic) bond motifs is 3. The lowest BCUT2D eigenvalue weighted by Crippen LogP contribution is -2.27. The van der Waals surface area contributed by atoms with Crippen LogP contribution in [0.15, 0.2) is 90.0 Å². The standard InChI is InChI=1S/C35H39NO3/c1-24-10-9-20-35(2,3)32(24)18-17-25-11-8-12-26(22-25)33(37)19-21-36-34(38)39-23-31-29-15-6-4-13-27(29)28-14-5-7-16-30(28)31/h4-8,11-18,22,31,33,37H,9-10,19-21,23H2,1-3H3,(H,36,38)/b18-17+/t33-/m1/s1. The highest BCUT2D eigenvalue weighted by Crippen LogP contribution is 2.44. The van der Waals surface area contributed by atoms with E-state index in [0.717, 1.165) is 11.1 Å². The van der Waals surface area contributed by atoms with Gasteiger partial charge in [-0.15, -0.1) is 0 Å². The topological polar surface area (TPSA) is 58.6 Å². The molecule has 2 aliphatic carbocycles. The zero-order chi connectivity index (χ0) is 27.4. The van der Waals surface area contributed by atoms with Gasteiger partial charge in [-0.05, 0) is 83.0 Å². The molecule has 0 heterocycles. The molecule has 1 atom stereocenters. The first-order valence-corrected chi connectivity index (χ1v) is 14.1. The Balaban J connectivity index is 1.13. The van der Waals surface area contributed by atoms with Crippen molar-refractivity contribution in [2.75, 3.05) is 13.2 Å². The largest absolute Gasteiger partial charge is 0.449 e. The van der Waals surface area contributed by atoms with E-state index in [1.54, 1.807) is 0 Å². The molecular weight excluding hydrogens is 482 g/mol. The predicted octanol–water partition coefficient (Wildman–Crippen LogP) is 8.19. The molecule has 1 amide bonds. The van der Waals surface area contributed by atoms with Crippen molar-refractivity contribution in [2.45, 2.75) is 58.5 Å². The monoisotopic (exact) mass is 521 g/mol. The average Bonchev–Trinajstić information content (AvgIpc) is 3.25. The van der Waals surface area contributed by atoms with E-state index in [0.29, 0.717) is 13.0 Å². The highest BCUT2D eigenvalue weighted by atomic mass is 16.5. The lowest BCUT2D eigenvalue weighted by atomic mass is 9.72. The highest BCUT2D eigenvalue weighted by molar-refractivity contribution is 5.79. The van der Waals surface area contributed by atoms with Crippen LogP contribution in [0.4, 0.5) is 4.79 Å². The summed E-state index contributed by atoms with van der Waals surface area (Å²) in [5.41, 5.74) is 9.79. The van der Waals surface area contributed by atoms with Crippen LogP contribution in [-0.2, 0) is 4.74 Å². The first kappa shape index (κ1) is 27.0. The van der Waals surface area contributed by atoms with Gasteiger partial charge in [0.1, 0.15) is 6.61 Å². The third-order valence-electron chi connectivity index (χ3n) is 8.31. The fraction of sp³-hybridized carbons (Fsp3) is 0.343. The number of nitrogens with one attached hydrogen (secondary N) is 1. The average molecular weight is 522 g/mol. The van der Waals surface area contributed by atoms with E-state index in [1.807, 2.05) is 42.5 Å². The summed E-state index contributed by atoms with van der Waals surface area (Å²) < 4.78 is 5.62. The van der Waals surface area contributed by atoms with Gasteiger partial charge in [0, 0.05) is 12.5 Å². The third-order valence-corrected chi connectivity index (χ3v) is 8.31. The van der Waals surface area contributed by atoms with Crippen LogP contribution >= 0.6 is 0 Å². The molecule has 3 aromatic carbocycles. The van der Waals surface area contributed by atoms with Crippen molar-refractivity contribution in [1.82, 2.24) is 5.32 Å². The number of hydrogen-bond acceptors (Lipinski definition) is 3. The Morgan fingerprint density at radius 3 is 2.41 bits per heavy atom. The van der Waals surface area contributed by atoms with Crippen molar-refractivity contribution in [3.63, 3.8) is 0 Å². The van der Waals surface area contributed by atoms with E-state index in [1.165, 1.54) is 52.7 Å². The molecule has 3 aromatic rings. The predicted molar refractivity (Wildman–Crippen MR) is 158 cm³/mol. The van der Waals surface area contributed by atoms with Crippen LogP contribution in [0.3, 0.4) is 0 Å². The van der Waals surface area contributed by atoms with Crippen LogP contribution in [0, 0.1) is 5.41 Å². The number of hydrogen-bond donors (Lipinski definition) is 2. The minimum atomic E-state index is -0.667. The number of benzene rings is 3. The summed E-state index contributed by atoms with van der Waals surface area (Å²) >= 11 is 0. The molecule has 202 valence electrons. The summed E-state index contributed by atoms with van der Waals surface area (Å²) in [6.45, 7) is 7.49. The molecule has 0 saturated heterocycles. The van der Waals surface area contributed by atoms with Gasteiger partial charge in [-0.3, -0.25) is 0 Å². The van der Waals surface area contributed by atoms with Crippen LogP contribution in [0.25, 0.3) is 17.2 Å². The smallest absolute Gasteiger partial charge is 0.407 e. The molecule has 0 radical (unpaired) electrons. The Morgan fingerprint density at radius 1 is 1.03 bits per heavy atom. The Morgan fingerprint density at radius 2 is 1.72 bits per heavy atom. The molecule has 2 N–H and O–H groups in total. The Labute approximate surface area is 232 Å². The zero-order valence-corrected chi connectivity index (χ0v) is 23.2. The second-order valence-corrected chi connectivity index (χ2v) is 11.5. The minimum absolute atomic E-state index is 0.0308. The molecular formula is C35H39NO3. The van der Waals surface area contributed by atoms with E-state index in [-0.39, 0.29) is 17.9 Å². The second-order valence-electron chi connectivity index (χ2n) is 11.5. The van der Waals surface area contributed by atoms with E-state index in [9.17, 15) is 9.90 Å². The van der Waals surface area contributed by atoms with Gasteiger partial charge in [-0.2, -0.15) is 0 Å². The molecule has 4 nitrogen and oxygen atoms in total. The van der Waals surface area contributed by atoms with Crippen LogP contribution in [0.2, 0.25) is 0 Å². The molecule has 0 spiro atoms. The molecule has 0 bridgehead atoms. The third kappa shape index (κ3) is 6.02. The Kier molecular flexibility index (Phi) is 8.04. The summed E-state index contributed by atoms with van der Waals surface area (Å²) in [7, 11) is 0. The van der Waals surface area contributed by atoms with E-state index >= 15 is 0 Å². The number of ether oxygens (including phenoxy) is 1. The van der Waals surface area contributed by atoms with Gasteiger partial charge >= 0.3 is 6.09 Å². The molecule has 0 aliphatic heterocycles. The quantitative estimate of drug-likeness (QED) is 0.314. The second kappa shape index (κ2) is 11.6. The van der Waals surface area contributed by atoms with Crippen LogP contribution < -0.4 is 5.32 Å². The van der Waals surface area contributed by atoms with E-state index in [4.69, 9.17) is 4.74 Å². The Hall–Kier alpha value is -3.63. The molecule has 0 saturated carbocycles. The number of aliphatic hydroxyl groups excluding tert-OH is 1. The molecule has 39 heavy (non-hydrogen) atoms. The van der Waals surface area contributed by atoms with Crippen molar-refractivity contribution in [2.24, 2.45) is 5.41 Å². The summed E-state index contributed by atoms with van der Waals surface area (Å²) in [5, 5.41) is 13.6. The van der Waals surface area contributed by atoms with Gasteiger partial charge in [-0.1, -0.05) is 98.3 Å². The van der Waals surface area contributed by atoms with E-state index < -0.39 is 12.2 Å². The normalized spacial score (nSPS) is 17.1. The van der Waals surface area contributed by atoms with Crippen molar-refractivity contribution >= 4 is 12.2 Å². The number of carbonyl (C=O) groups is 1. The molecule has 2 aliphatic rings. The van der Waals surface area contributed by atoms with Gasteiger partial charge in [0.25, 0.3) is 0 Å². The first-order chi connectivity index (χ1) is 18.8. The van der Waals surface area contributed by atoms with Gasteiger partial charge in [0.05, 0.1) is 6.10 Å². The molecule has 0 aromatic heterocycles. The summed E-state index contributed by atoms with van der Waals surface area (Å²) in [6.07, 6.45) is 7.31. The van der Waals surface area contributed by atoms with Crippen molar-refractivity contribution in [1.29, 1.82) is 0 Å². The maximum absolute atomic E-state index is 12.5. The fourth-order valence-corrected chi connectivity index (χ4v) is 6.19. The van der Waals surface area contributed by atoms with Crippen LogP contribution in [0.1, 0.15) is 80.7 Å². The van der Waals surface area contributed by atoms with Crippen molar-refractivity contribution < 1.29 is 14.6 Å². The van der Waals surface area contributed by atoms with Gasteiger partial charge < -0.3 is 15.2 Å². The van der Waals surface area contributed by atoms with Gasteiger partial charge in [0.15, 0.2) is 0 Å². The molecule has 0 fully saturated rings. The van der Waals surface area contributed by atoms with Crippen LogP contribution in [0.5, 0.6) is 0 Å². The number of rotatable bonds is 8. The number of aliphatic hydroxyl groups is 1. The maximum Gasteiger partial charge on any atom is 0.407 e. The number of alkyl carbamates (subject to hydrolysis) is 1. The SMILES string of the molecule is CC1=C(/C=C/c2cccc([C@H](O)CCNC(=O)OCC3c4ccccc4-c4ccccc43)c2)C(C)(C)CCC1. The highest BCUT2D eigenvalue weighted by Gasteiger charge is 2.29. The number of allylic oxidation sites excluding steroid dienone is 3. The summed E-state index contributed by atoms with van der Waals surface area (Å²) in [4.78, 5) is 12.5. The zero-order valence-electron chi connectivity index (χ0n) is 23.2. The molecule has 5 rings (SSSR count). The molecule has 0 unspecified atom stereocenters. The summed E-state index contributed by atoms with van der Waals surface area (Å²) in [6, 6.07) is 24.6. The van der Waals surface area contributed by atoms with Crippen molar-refractivity contribution in [3.05, 3.63) is 112 Å². The Bertz CT molecular complexity index is 1350. The first-order valence-electron chi connectivity index (χ1n) is 14.1.